The minimum absolute atomic E-state index is 0.105. The maximum atomic E-state index is 12.4. The minimum atomic E-state index is -0.722. The highest BCUT2D eigenvalue weighted by Crippen LogP contribution is 2.11. The highest BCUT2D eigenvalue weighted by Gasteiger charge is 2.33. The Morgan fingerprint density at radius 2 is 2.00 bits per heavy atom. The molecule has 2 aromatic rings. The van der Waals surface area contributed by atoms with Gasteiger partial charge in [-0.1, -0.05) is 6.92 Å². The van der Waals surface area contributed by atoms with Crippen LogP contribution in [0.15, 0.2) is 33.6 Å². The Morgan fingerprint density at radius 3 is 2.55 bits per heavy atom. The molecule has 22 heavy (non-hydrogen) atoms. The Bertz CT molecular complexity index is 713. The van der Waals surface area contributed by atoms with E-state index in [-0.39, 0.29) is 5.69 Å². The average Bonchev–Trinajstić information content (AvgIpc) is 2.89. The molecule has 0 aliphatic carbocycles. The van der Waals surface area contributed by atoms with E-state index in [4.69, 9.17) is 9.26 Å². The van der Waals surface area contributed by atoms with E-state index in [1.165, 1.54) is 4.68 Å². The highest BCUT2D eigenvalue weighted by atomic mass is 16.5. The van der Waals surface area contributed by atoms with Gasteiger partial charge in [-0.2, -0.15) is 0 Å². The summed E-state index contributed by atoms with van der Waals surface area (Å²) in [5.74, 6) is 0.186. The lowest BCUT2D eigenvalue weighted by molar-refractivity contribution is -0.672. The van der Waals surface area contributed by atoms with Gasteiger partial charge in [-0.3, -0.25) is 9.32 Å². The second kappa shape index (κ2) is 6.05. The summed E-state index contributed by atoms with van der Waals surface area (Å²) in [5, 5.41) is 5.26. The van der Waals surface area contributed by atoms with Crippen LogP contribution in [-0.4, -0.2) is 23.8 Å². The van der Waals surface area contributed by atoms with E-state index in [0.29, 0.717) is 11.4 Å². The first-order chi connectivity index (χ1) is 10.4. The summed E-state index contributed by atoms with van der Waals surface area (Å²) in [6.07, 6.45) is 0.733. The van der Waals surface area contributed by atoms with Crippen molar-refractivity contribution in [2.45, 2.75) is 32.7 Å². The van der Waals surface area contributed by atoms with E-state index >= 15 is 0 Å². The quantitative estimate of drug-likeness (QED) is 0.812. The standard InChI is InChI=1S/C15H19N3O4/c1-5-15(2,3)16-13(19)12-14(20)22-17-18(12)10-6-8-11(21-4)9-7-10/h6-9H,5H2,1-4H3,(H-,16,17,19,20)/p+1. The van der Waals surface area contributed by atoms with E-state index in [2.05, 4.69) is 10.6 Å². The van der Waals surface area contributed by atoms with Crippen molar-refractivity contribution in [3.05, 3.63) is 40.4 Å². The number of rotatable bonds is 5. The normalized spacial score (nSPS) is 11.3. The summed E-state index contributed by atoms with van der Waals surface area (Å²) < 4.78 is 11.2. The summed E-state index contributed by atoms with van der Waals surface area (Å²) in [6, 6.07) is 6.88. The van der Waals surface area contributed by atoms with Gasteiger partial charge < -0.3 is 10.1 Å². The number of benzene rings is 1. The number of hydrogen-bond donors (Lipinski definition) is 2. The van der Waals surface area contributed by atoms with E-state index in [9.17, 15) is 9.59 Å². The summed E-state index contributed by atoms with van der Waals surface area (Å²) in [4.78, 5) is 24.2. The third-order valence-electron chi connectivity index (χ3n) is 3.53. The van der Waals surface area contributed by atoms with Crippen molar-refractivity contribution in [1.82, 2.24) is 10.6 Å². The van der Waals surface area contributed by atoms with Crippen molar-refractivity contribution in [1.29, 1.82) is 0 Å². The van der Waals surface area contributed by atoms with Gasteiger partial charge in [-0.05, 0) is 42.4 Å². The van der Waals surface area contributed by atoms with Crippen molar-refractivity contribution in [3.8, 4) is 11.4 Å². The second-order valence-corrected chi connectivity index (χ2v) is 5.55. The van der Waals surface area contributed by atoms with Crippen molar-refractivity contribution in [2.75, 3.05) is 7.11 Å². The molecular weight excluding hydrogens is 286 g/mol. The Morgan fingerprint density at radius 1 is 1.36 bits per heavy atom. The van der Waals surface area contributed by atoms with Crippen molar-refractivity contribution >= 4 is 5.91 Å². The molecule has 118 valence electrons. The van der Waals surface area contributed by atoms with Crippen molar-refractivity contribution in [2.24, 2.45) is 0 Å². The molecule has 0 saturated carbocycles. The maximum Gasteiger partial charge on any atom is 0.441 e. The topological polar surface area (TPSA) is 88.2 Å². The highest BCUT2D eigenvalue weighted by molar-refractivity contribution is 5.91. The summed E-state index contributed by atoms with van der Waals surface area (Å²) in [6.45, 7) is 5.73. The zero-order valence-corrected chi connectivity index (χ0v) is 13.1. The molecule has 1 aromatic heterocycles. The first-order valence-electron chi connectivity index (χ1n) is 6.98. The molecule has 1 heterocycles. The van der Waals surface area contributed by atoms with Gasteiger partial charge in [0.1, 0.15) is 5.75 Å². The molecule has 0 fully saturated rings. The van der Waals surface area contributed by atoms with Gasteiger partial charge in [0.25, 0.3) is 0 Å². The number of hydrogen-bond acceptors (Lipinski definition) is 4. The van der Waals surface area contributed by atoms with Crippen molar-refractivity contribution in [3.63, 3.8) is 0 Å². The van der Waals surface area contributed by atoms with Gasteiger partial charge in [0.15, 0.2) is 0 Å². The molecule has 0 unspecified atom stereocenters. The lowest BCUT2D eigenvalue weighted by Crippen LogP contribution is -2.50. The molecule has 1 aromatic carbocycles. The first-order valence-corrected chi connectivity index (χ1v) is 6.98. The van der Waals surface area contributed by atoms with Crippen LogP contribution >= 0.6 is 0 Å². The SMILES string of the molecule is CCC(C)(C)NC(=O)c1c(=O)o[nH][n+]1-c1ccc(OC)cc1. The number of carbonyl (C=O) groups is 1. The van der Waals surface area contributed by atoms with Gasteiger partial charge in [0, 0.05) is 17.7 Å². The number of H-pyrrole nitrogens is 1. The van der Waals surface area contributed by atoms with E-state index < -0.39 is 17.1 Å². The molecule has 0 bridgehead atoms. The predicted molar refractivity (Wildman–Crippen MR) is 79.2 cm³/mol. The van der Waals surface area contributed by atoms with Gasteiger partial charge in [0.2, 0.25) is 5.69 Å². The monoisotopic (exact) mass is 306 g/mol. The predicted octanol–water partition coefficient (Wildman–Crippen LogP) is 1.17. The molecule has 0 spiro atoms. The molecule has 0 aliphatic heterocycles. The molecule has 7 nitrogen and oxygen atoms in total. The summed E-state index contributed by atoms with van der Waals surface area (Å²) in [5.41, 5.74) is -0.656. The third kappa shape index (κ3) is 3.19. The van der Waals surface area contributed by atoms with Crippen molar-refractivity contribution < 1.29 is 18.7 Å². The summed E-state index contributed by atoms with van der Waals surface area (Å²) in [7, 11) is 1.56. The van der Waals surface area contributed by atoms with Crippen LogP contribution in [0.25, 0.3) is 5.69 Å². The first kappa shape index (κ1) is 15.8. The lowest BCUT2D eigenvalue weighted by atomic mass is 10.0. The number of aromatic amines is 1. The molecule has 0 atom stereocenters. The molecule has 2 rings (SSSR count). The Labute approximate surface area is 127 Å². The van der Waals surface area contributed by atoms with E-state index in [0.717, 1.165) is 6.42 Å². The molecule has 0 aliphatic rings. The van der Waals surface area contributed by atoms with Crippen LogP contribution in [0.4, 0.5) is 0 Å². The number of ether oxygens (including phenoxy) is 1. The Kier molecular flexibility index (Phi) is 4.35. The van der Waals surface area contributed by atoms with Crippen LogP contribution in [0.5, 0.6) is 5.75 Å². The Balaban J connectivity index is 2.39. The lowest BCUT2D eigenvalue weighted by Gasteiger charge is -2.22. The number of carbonyl (C=O) groups excluding carboxylic acids is 1. The van der Waals surface area contributed by atoms with Crippen LogP contribution in [0.2, 0.25) is 0 Å². The number of nitrogens with zero attached hydrogens (tertiary/aromatic N) is 1. The fourth-order valence-corrected chi connectivity index (χ4v) is 1.83. The number of methoxy groups -OCH3 is 1. The molecule has 1 amide bonds. The van der Waals surface area contributed by atoms with Crippen LogP contribution in [0.1, 0.15) is 37.7 Å². The summed E-state index contributed by atoms with van der Waals surface area (Å²) >= 11 is 0. The van der Waals surface area contributed by atoms with Gasteiger partial charge in [0.05, 0.1) is 7.11 Å². The van der Waals surface area contributed by atoms with Crippen LogP contribution < -0.4 is 20.4 Å². The number of aromatic nitrogens is 2. The second-order valence-electron chi connectivity index (χ2n) is 5.55. The average molecular weight is 306 g/mol. The van der Waals surface area contributed by atoms with Gasteiger partial charge in [-0.15, -0.1) is 0 Å². The van der Waals surface area contributed by atoms with Gasteiger partial charge in [-0.25, -0.2) is 4.79 Å². The van der Waals surface area contributed by atoms with E-state index in [1.807, 2.05) is 20.8 Å². The number of nitrogens with one attached hydrogen (secondary N) is 2. The molecule has 7 heteroatoms. The fraction of sp³-hybridized carbons (Fsp3) is 0.400. The van der Waals surface area contributed by atoms with Crippen LogP contribution in [0, 0.1) is 0 Å². The Hall–Kier alpha value is -2.57. The molecule has 0 radical (unpaired) electrons. The smallest absolute Gasteiger partial charge is 0.441 e. The zero-order valence-electron chi connectivity index (χ0n) is 13.1. The molecular formula is C15H20N3O4+. The van der Waals surface area contributed by atoms with E-state index in [1.54, 1.807) is 31.4 Å². The molecule has 2 N–H and O–H groups in total. The largest absolute Gasteiger partial charge is 0.497 e. The van der Waals surface area contributed by atoms with Crippen LogP contribution in [-0.2, 0) is 0 Å². The number of amides is 1. The fourth-order valence-electron chi connectivity index (χ4n) is 1.83. The van der Waals surface area contributed by atoms with Gasteiger partial charge >= 0.3 is 17.2 Å². The zero-order chi connectivity index (χ0) is 16.3. The third-order valence-corrected chi connectivity index (χ3v) is 3.53. The maximum absolute atomic E-state index is 12.4. The molecule has 0 saturated heterocycles. The van der Waals surface area contributed by atoms with Crippen LogP contribution in [0.3, 0.4) is 0 Å². The minimum Gasteiger partial charge on any atom is -0.497 e.